The monoisotopic (exact) mass is 311 g/mol. The van der Waals surface area contributed by atoms with Crippen LogP contribution in [0.3, 0.4) is 0 Å². The molecular formula is C15H21NO4S. The van der Waals surface area contributed by atoms with Crippen molar-refractivity contribution in [1.29, 1.82) is 0 Å². The predicted octanol–water partition coefficient (Wildman–Crippen LogP) is 1.08. The topological polar surface area (TPSA) is 63.7 Å². The van der Waals surface area contributed by atoms with Gasteiger partial charge in [0, 0.05) is 13.1 Å². The Hall–Kier alpha value is -1.40. The van der Waals surface area contributed by atoms with Crippen molar-refractivity contribution in [3.8, 4) is 0 Å². The van der Waals surface area contributed by atoms with Gasteiger partial charge in [0.05, 0.1) is 19.0 Å². The Morgan fingerprint density at radius 3 is 2.57 bits per heavy atom. The van der Waals surface area contributed by atoms with Gasteiger partial charge in [0.2, 0.25) is 5.91 Å². The number of carbonyl (C=O) groups is 1. The summed E-state index contributed by atoms with van der Waals surface area (Å²) in [5, 5.41) is 0. The molecule has 6 heteroatoms. The molecule has 1 fully saturated rings. The van der Waals surface area contributed by atoms with Gasteiger partial charge in [-0.2, -0.15) is 0 Å². The number of ether oxygens (including phenoxy) is 1. The van der Waals surface area contributed by atoms with Crippen molar-refractivity contribution in [2.75, 3.05) is 32.1 Å². The van der Waals surface area contributed by atoms with Crippen LogP contribution in [0.25, 0.3) is 0 Å². The van der Waals surface area contributed by atoms with E-state index in [9.17, 15) is 13.2 Å². The highest BCUT2D eigenvalue weighted by Gasteiger charge is 2.24. The quantitative estimate of drug-likeness (QED) is 0.834. The van der Waals surface area contributed by atoms with Gasteiger partial charge in [-0.05, 0) is 25.0 Å². The molecule has 0 bridgehead atoms. The summed E-state index contributed by atoms with van der Waals surface area (Å²) >= 11 is 0. The second kappa shape index (κ2) is 6.58. The van der Waals surface area contributed by atoms with Crippen LogP contribution in [-0.2, 0) is 25.1 Å². The number of sulfone groups is 1. The van der Waals surface area contributed by atoms with Gasteiger partial charge >= 0.3 is 0 Å². The molecule has 1 amide bonds. The van der Waals surface area contributed by atoms with Crippen molar-refractivity contribution in [1.82, 2.24) is 4.90 Å². The second-order valence-corrected chi connectivity index (χ2v) is 7.52. The Morgan fingerprint density at radius 1 is 1.24 bits per heavy atom. The van der Waals surface area contributed by atoms with Gasteiger partial charge < -0.3 is 9.64 Å². The van der Waals surface area contributed by atoms with Crippen LogP contribution in [0, 0.1) is 13.8 Å². The minimum absolute atomic E-state index is 0.0867. The number of aryl methyl sites for hydroxylation is 2. The lowest BCUT2D eigenvalue weighted by atomic mass is 10.1. The summed E-state index contributed by atoms with van der Waals surface area (Å²) in [5.41, 5.74) is 2.72. The Kier molecular flexibility index (Phi) is 5.00. The molecule has 1 saturated heterocycles. The molecule has 0 aromatic heterocycles. The van der Waals surface area contributed by atoms with Crippen LogP contribution in [0.5, 0.6) is 0 Å². The summed E-state index contributed by atoms with van der Waals surface area (Å²) in [6, 6.07) is 5.72. The fourth-order valence-corrected chi connectivity index (χ4v) is 3.78. The molecule has 0 atom stereocenters. The molecule has 0 spiro atoms. The second-order valence-electron chi connectivity index (χ2n) is 5.46. The van der Waals surface area contributed by atoms with Crippen LogP contribution < -0.4 is 0 Å². The molecule has 21 heavy (non-hydrogen) atoms. The zero-order valence-electron chi connectivity index (χ0n) is 12.5. The smallest absolute Gasteiger partial charge is 0.237 e. The van der Waals surface area contributed by atoms with E-state index in [-0.39, 0.29) is 11.7 Å². The van der Waals surface area contributed by atoms with E-state index in [2.05, 4.69) is 0 Å². The Morgan fingerprint density at radius 2 is 1.90 bits per heavy atom. The summed E-state index contributed by atoms with van der Waals surface area (Å²) < 4.78 is 29.6. The third-order valence-electron chi connectivity index (χ3n) is 3.59. The van der Waals surface area contributed by atoms with Gasteiger partial charge in [0.25, 0.3) is 0 Å². The lowest BCUT2D eigenvalue weighted by Gasteiger charge is -2.26. The largest absolute Gasteiger partial charge is 0.378 e. The lowest BCUT2D eigenvalue weighted by molar-refractivity contribution is -0.132. The minimum Gasteiger partial charge on any atom is -0.378 e. The summed E-state index contributed by atoms with van der Waals surface area (Å²) in [6.45, 7) is 5.70. The van der Waals surface area contributed by atoms with Crippen LogP contribution >= 0.6 is 0 Å². The first-order valence-corrected chi connectivity index (χ1v) is 8.81. The van der Waals surface area contributed by atoms with E-state index in [4.69, 9.17) is 4.74 Å². The number of amides is 1. The van der Waals surface area contributed by atoms with E-state index < -0.39 is 15.6 Å². The number of nitrogens with zero attached hydrogens (tertiary/aromatic N) is 1. The summed E-state index contributed by atoms with van der Waals surface area (Å²) in [5.74, 6) is -0.847. The average Bonchev–Trinajstić information content (AvgIpc) is 2.43. The minimum atomic E-state index is -3.45. The summed E-state index contributed by atoms with van der Waals surface area (Å²) in [4.78, 5) is 13.6. The van der Waals surface area contributed by atoms with Crippen molar-refractivity contribution in [3.63, 3.8) is 0 Å². The maximum atomic E-state index is 12.2. The number of morpholine rings is 1. The number of hydrogen-bond acceptors (Lipinski definition) is 4. The van der Waals surface area contributed by atoms with Crippen LogP contribution in [0.4, 0.5) is 0 Å². The molecule has 0 unspecified atom stereocenters. The first-order chi connectivity index (χ1) is 9.87. The Bertz CT molecular complexity index is 619. The van der Waals surface area contributed by atoms with Crippen molar-refractivity contribution in [2.24, 2.45) is 0 Å². The average molecular weight is 311 g/mol. The number of rotatable bonds is 4. The van der Waals surface area contributed by atoms with Crippen molar-refractivity contribution < 1.29 is 17.9 Å². The predicted molar refractivity (Wildman–Crippen MR) is 80.8 cm³/mol. The molecule has 0 N–H and O–H groups in total. The number of benzene rings is 1. The first-order valence-electron chi connectivity index (χ1n) is 6.99. The highest BCUT2D eigenvalue weighted by Crippen LogP contribution is 2.15. The standard InChI is InChI=1S/C15H21NO4S/c1-12-3-4-13(2)14(9-12)10-21(18,19)11-15(17)16-5-7-20-8-6-16/h3-4,9H,5-8,10-11H2,1-2H3. The van der Waals surface area contributed by atoms with Crippen LogP contribution in [0.2, 0.25) is 0 Å². The number of carbonyl (C=O) groups excluding carboxylic acids is 1. The fraction of sp³-hybridized carbons (Fsp3) is 0.533. The molecule has 1 aromatic rings. The molecule has 1 heterocycles. The molecule has 0 aliphatic carbocycles. The van der Waals surface area contributed by atoms with Crippen LogP contribution in [-0.4, -0.2) is 51.3 Å². The van der Waals surface area contributed by atoms with Gasteiger partial charge in [0.15, 0.2) is 9.84 Å². The van der Waals surface area contributed by atoms with E-state index in [0.29, 0.717) is 26.3 Å². The molecule has 116 valence electrons. The Balaban J connectivity index is 2.04. The fourth-order valence-electron chi connectivity index (χ4n) is 2.34. The van der Waals surface area contributed by atoms with E-state index >= 15 is 0 Å². The van der Waals surface area contributed by atoms with Gasteiger partial charge in [-0.1, -0.05) is 23.8 Å². The third kappa shape index (κ3) is 4.54. The molecule has 1 aliphatic rings. The van der Waals surface area contributed by atoms with Gasteiger partial charge in [-0.25, -0.2) is 8.42 Å². The zero-order valence-corrected chi connectivity index (χ0v) is 13.3. The van der Waals surface area contributed by atoms with E-state index in [1.807, 2.05) is 32.0 Å². The van der Waals surface area contributed by atoms with Gasteiger partial charge in [-0.15, -0.1) is 0 Å². The van der Waals surface area contributed by atoms with Crippen molar-refractivity contribution in [3.05, 3.63) is 34.9 Å². The molecule has 1 aromatic carbocycles. The maximum Gasteiger partial charge on any atom is 0.237 e. The van der Waals surface area contributed by atoms with E-state index in [1.165, 1.54) is 0 Å². The lowest BCUT2D eigenvalue weighted by Crippen LogP contribution is -2.43. The first kappa shape index (κ1) is 16.0. The SMILES string of the molecule is Cc1ccc(C)c(CS(=O)(=O)CC(=O)N2CCOCC2)c1. The molecular weight excluding hydrogens is 290 g/mol. The molecule has 0 radical (unpaired) electrons. The van der Waals surface area contributed by atoms with E-state index in [1.54, 1.807) is 4.90 Å². The van der Waals surface area contributed by atoms with Crippen LogP contribution in [0.1, 0.15) is 16.7 Å². The van der Waals surface area contributed by atoms with E-state index in [0.717, 1.165) is 16.7 Å². The Labute approximate surface area is 125 Å². The molecule has 0 saturated carbocycles. The zero-order chi connectivity index (χ0) is 15.5. The molecule has 1 aliphatic heterocycles. The summed E-state index contributed by atoms with van der Waals surface area (Å²) in [7, 11) is -3.45. The number of hydrogen-bond donors (Lipinski definition) is 0. The van der Waals surface area contributed by atoms with Crippen LogP contribution in [0.15, 0.2) is 18.2 Å². The van der Waals surface area contributed by atoms with Gasteiger partial charge in [-0.3, -0.25) is 4.79 Å². The van der Waals surface area contributed by atoms with Crippen molar-refractivity contribution >= 4 is 15.7 Å². The summed E-state index contributed by atoms with van der Waals surface area (Å²) in [6.07, 6.45) is 0. The third-order valence-corrected chi connectivity index (χ3v) is 5.02. The van der Waals surface area contributed by atoms with Crippen molar-refractivity contribution in [2.45, 2.75) is 19.6 Å². The molecule has 5 nitrogen and oxygen atoms in total. The highest BCUT2D eigenvalue weighted by atomic mass is 32.2. The maximum absolute atomic E-state index is 12.2. The molecule has 2 rings (SSSR count). The highest BCUT2D eigenvalue weighted by molar-refractivity contribution is 7.91. The van der Waals surface area contributed by atoms with Gasteiger partial charge in [0.1, 0.15) is 5.75 Å². The normalized spacial score (nSPS) is 16.0.